The second kappa shape index (κ2) is 12.0. The number of hydrogen-bond donors (Lipinski definition) is 0. The maximum atomic E-state index is 2.40. The second-order valence-corrected chi connectivity index (χ2v) is 13.3. The summed E-state index contributed by atoms with van der Waals surface area (Å²) in [6, 6.07) is 73.0. The summed E-state index contributed by atoms with van der Waals surface area (Å²) in [6.45, 7) is 0. The lowest BCUT2D eigenvalue weighted by molar-refractivity contribution is 1.18. The molecule has 10 rings (SSSR count). The average Bonchev–Trinajstić information content (AvgIpc) is 3.55. The van der Waals surface area contributed by atoms with E-state index in [1.54, 1.807) is 0 Å². The number of benzene rings is 9. The maximum Gasteiger partial charge on any atom is 0.0541 e. The van der Waals surface area contributed by atoms with Crippen LogP contribution < -0.4 is 0 Å². The number of aromatic nitrogens is 1. The van der Waals surface area contributed by atoms with Crippen molar-refractivity contribution in [3.8, 4) is 50.2 Å². The molecule has 0 N–H and O–H groups in total. The second-order valence-electron chi connectivity index (χ2n) is 13.3. The van der Waals surface area contributed by atoms with Crippen LogP contribution in [0.15, 0.2) is 200 Å². The fraction of sp³-hybridized carbons (Fsp3) is 0. The van der Waals surface area contributed by atoms with Gasteiger partial charge in [0.25, 0.3) is 0 Å². The minimum absolute atomic E-state index is 1.16. The van der Waals surface area contributed by atoms with Crippen LogP contribution in [0.5, 0.6) is 0 Å². The first-order valence-corrected chi connectivity index (χ1v) is 17.6. The Kier molecular flexibility index (Phi) is 6.89. The molecule has 1 heteroatoms. The van der Waals surface area contributed by atoms with Gasteiger partial charge in [0.15, 0.2) is 0 Å². The lowest BCUT2D eigenvalue weighted by atomic mass is 9.84. The summed E-state index contributed by atoms with van der Waals surface area (Å²) in [5.74, 6) is 0. The zero-order chi connectivity index (χ0) is 33.7. The minimum atomic E-state index is 1.16. The number of rotatable bonds is 5. The summed E-state index contributed by atoms with van der Waals surface area (Å²) in [5, 5.41) is 7.56. The van der Waals surface area contributed by atoms with Crippen LogP contribution in [0, 0.1) is 0 Å². The number of nitrogens with zero attached hydrogens (tertiary/aromatic N) is 1. The molecule has 0 bridgehead atoms. The number of fused-ring (bicyclic) bond motifs is 5. The van der Waals surface area contributed by atoms with Gasteiger partial charge in [-0.2, -0.15) is 0 Å². The topological polar surface area (TPSA) is 4.93 Å². The summed E-state index contributed by atoms with van der Waals surface area (Å²) < 4.78 is 2.39. The molecule has 0 saturated heterocycles. The number of para-hydroxylation sites is 2. The van der Waals surface area contributed by atoms with Crippen LogP contribution in [0.25, 0.3) is 93.5 Å². The Labute approximate surface area is 297 Å². The Morgan fingerprint density at radius 3 is 1.18 bits per heavy atom. The minimum Gasteiger partial charge on any atom is -0.309 e. The van der Waals surface area contributed by atoms with Gasteiger partial charge < -0.3 is 4.57 Å². The van der Waals surface area contributed by atoms with Crippen molar-refractivity contribution in [3.63, 3.8) is 0 Å². The summed E-state index contributed by atoms with van der Waals surface area (Å²) >= 11 is 0. The van der Waals surface area contributed by atoms with E-state index in [4.69, 9.17) is 0 Å². The Balaban J connectivity index is 1.20. The Morgan fingerprint density at radius 2 is 0.608 bits per heavy atom. The maximum absolute atomic E-state index is 2.40. The fourth-order valence-corrected chi connectivity index (χ4v) is 8.05. The van der Waals surface area contributed by atoms with Crippen molar-refractivity contribution in [2.45, 2.75) is 0 Å². The lowest BCUT2D eigenvalue weighted by Crippen LogP contribution is -1.95. The van der Waals surface area contributed by atoms with Crippen LogP contribution in [0.1, 0.15) is 0 Å². The van der Waals surface area contributed by atoms with E-state index >= 15 is 0 Å². The van der Waals surface area contributed by atoms with E-state index in [9.17, 15) is 0 Å². The fourth-order valence-electron chi connectivity index (χ4n) is 8.05. The van der Waals surface area contributed by atoms with Crippen molar-refractivity contribution in [3.05, 3.63) is 200 Å². The molecule has 10 aromatic rings. The molecule has 9 aromatic carbocycles. The first-order valence-electron chi connectivity index (χ1n) is 17.6. The Hall–Kier alpha value is -6.70. The van der Waals surface area contributed by atoms with Crippen LogP contribution in [-0.4, -0.2) is 4.57 Å². The van der Waals surface area contributed by atoms with Gasteiger partial charge in [-0.3, -0.25) is 0 Å². The zero-order valence-corrected chi connectivity index (χ0v) is 28.0. The Bertz CT molecular complexity index is 2810. The van der Waals surface area contributed by atoms with Crippen LogP contribution in [0.3, 0.4) is 0 Å². The molecule has 0 saturated carbocycles. The van der Waals surface area contributed by atoms with E-state index in [0.29, 0.717) is 0 Å². The van der Waals surface area contributed by atoms with Gasteiger partial charge in [0.1, 0.15) is 0 Å². The summed E-state index contributed by atoms with van der Waals surface area (Å²) in [7, 11) is 0. The molecule has 0 amide bonds. The largest absolute Gasteiger partial charge is 0.309 e. The molecule has 51 heavy (non-hydrogen) atoms. The quantitative estimate of drug-likeness (QED) is 0.164. The summed E-state index contributed by atoms with van der Waals surface area (Å²) in [6.07, 6.45) is 0. The predicted molar refractivity (Wildman–Crippen MR) is 218 cm³/mol. The summed E-state index contributed by atoms with van der Waals surface area (Å²) in [5.41, 5.74) is 13.4. The van der Waals surface area contributed by atoms with Crippen molar-refractivity contribution < 1.29 is 0 Å². The molecule has 1 aromatic heterocycles. The molecule has 238 valence electrons. The highest BCUT2D eigenvalue weighted by Crippen LogP contribution is 2.45. The molecule has 0 unspecified atom stereocenters. The predicted octanol–water partition coefficient (Wildman–Crippen LogP) is 13.8. The third-order valence-electron chi connectivity index (χ3n) is 10.4. The zero-order valence-electron chi connectivity index (χ0n) is 28.0. The molecule has 1 nitrogen and oxygen atoms in total. The lowest BCUT2D eigenvalue weighted by Gasteiger charge is -2.19. The van der Waals surface area contributed by atoms with E-state index in [-0.39, 0.29) is 0 Å². The highest BCUT2D eigenvalue weighted by Gasteiger charge is 2.18. The van der Waals surface area contributed by atoms with Crippen molar-refractivity contribution in [1.29, 1.82) is 0 Å². The molecular formula is C50H33N. The van der Waals surface area contributed by atoms with Gasteiger partial charge in [-0.25, -0.2) is 0 Å². The highest BCUT2D eigenvalue weighted by atomic mass is 15.0. The van der Waals surface area contributed by atoms with Gasteiger partial charge in [-0.15, -0.1) is 0 Å². The van der Waals surface area contributed by atoms with E-state index < -0.39 is 0 Å². The van der Waals surface area contributed by atoms with Crippen LogP contribution in [-0.2, 0) is 0 Å². The SMILES string of the molecule is c1ccc(-c2ccc(-c3c4ccccc4c(-c4ccc(-n5c6ccccc6c6ccccc65)cc4)c4cc(-c5ccccc5)ccc34)cc2)cc1. The van der Waals surface area contributed by atoms with E-state index in [1.165, 1.54) is 87.9 Å². The molecule has 0 aliphatic heterocycles. The normalized spacial score (nSPS) is 11.5. The highest BCUT2D eigenvalue weighted by molar-refractivity contribution is 6.22. The number of hydrogen-bond acceptors (Lipinski definition) is 0. The van der Waals surface area contributed by atoms with E-state index in [0.717, 1.165) is 5.69 Å². The first-order chi connectivity index (χ1) is 25.3. The molecule has 0 spiro atoms. The molecular weight excluding hydrogens is 615 g/mol. The average molecular weight is 648 g/mol. The van der Waals surface area contributed by atoms with Gasteiger partial charge in [-0.1, -0.05) is 170 Å². The molecule has 0 aliphatic rings. The van der Waals surface area contributed by atoms with Crippen LogP contribution in [0.4, 0.5) is 0 Å². The molecule has 0 atom stereocenters. The van der Waals surface area contributed by atoms with Crippen molar-refractivity contribution >= 4 is 43.4 Å². The molecule has 0 fully saturated rings. The molecule has 0 radical (unpaired) electrons. The van der Waals surface area contributed by atoms with Gasteiger partial charge >= 0.3 is 0 Å². The third kappa shape index (κ3) is 4.86. The van der Waals surface area contributed by atoms with E-state index in [2.05, 4.69) is 205 Å². The van der Waals surface area contributed by atoms with Gasteiger partial charge in [0, 0.05) is 16.5 Å². The van der Waals surface area contributed by atoms with Crippen LogP contribution in [0.2, 0.25) is 0 Å². The Morgan fingerprint density at radius 1 is 0.235 bits per heavy atom. The molecule has 0 aliphatic carbocycles. The first kappa shape index (κ1) is 29.2. The van der Waals surface area contributed by atoms with Gasteiger partial charge in [-0.05, 0) is 96.4 Å². The van der Waals surface area contributed by atoms with Gasteiger partial charge in [0.05, 0.1) is 11.0 Å². The smallest absolute Gasteiger partial charge is 0.0541 e. The standard InChI is InChI=1S/C50H33N/c1-3-13-34(14-4-1)36-23-25-37(26-24-36)49-43-19-7-8-20-44(43)50(46-33-39(29-32-45(46)49)35-15-5-2-6-16-35)38-27-30-40(31-28-38)51-47-21-11-9-17-41(47)42-18-10-12-22-48(42)51/h1-33H. The van der Waals surface area contributed by atoms with Crippen LogP contribution >= 0.6 is 0 Å². The molecule has 1 heterocycles. The van der Waals surface area contributed by atoms with E-state index in [1.807, 2.05) is 0 Å². The summed E-state index contributed by atoms with van der Waals surface area (Å²) in [4.78, 5) is 0. The van der Waals surface area contributed by atoms with Crippen molar-refractivity contribution in [1.82, 2.24) is 4.57 Å². The monoisotopic (exact) mass is 647 g/mol. The van der Waals surface area contributed by atoms with Crippen molar-refractivity contribution in [2.24, 2.45) is 0 Å². The third-order valence-corrected chi connectivity index (χ3v) is 10.4. The van der Waals surface area contributed by atoms with Crippen molar-refractivity contribution in [2.75, 3.05) is 0 Å². The van der Waals surface area contributed by atoms with Gasteiger partial charge in [0.2, 0.25) is 0 Å².